The Morgan fingerprint density at radius 3 is 2.25 bits per heavy atom. The Bertz CT molecular complexity index is 533. The molecular weight excluding hydrogens is 272 g/mol. The van der Waals surface area contributed by atoms with E-state index in [-0.39, 0.29) is 5.75 Å². The van der Waals surface area contributed by atoms with E-state index in [4.69, 9.17) is 5.73 Å². The van der Waals surface area contributed by atoms with Crippen molar-refractivity contribution in [2.24, 2.45) is 0 Å². The first-order chi connectivity index (χ1) is 9.19. The highest BCUT2D eigenvalue weighted by molar-refractivity contribution is 7.92. The minimum atomic E-state index is -3.11. The van der Waals surface area contributed by atoms with Gasteiger partial charge in [-0.1, -0.05) is 19.1 Å². The summed E-state index contributed by atoms with van der Waals surface area (Å²) in [6.45, 7) is 8.57. The molecule has 20 heavy (non-hydrogen) atoms. The van der Waals surface area contributed by atoms with Crippen molar-refractivity contribution in [2.45, 2.75) is 38.9 Å². The first-order valence-electron chi connectivity index (χ1n) is 7.01. The number of rotatable bonds is 6. The van der Waals surface area contributed by atoms with Crippen LogP contribution in [0.25, 0.3) is 0 Å². The number of nitrogens with two attached hydrogens (primary N) is 1. The van der Waals surface area contributed by atoms with Gasteiger partial charge in [-0.2, -0.15) is 0 Å². The summed E-state index contributed by atoms with van der Waals surface area (Å²) in [7, 11) is -3.11. The van der Waals surface area contributed by atoms with E-state index in [1.165, 1.54) is 0 Å². The number of benzene rings is 1. The Morgan fingerprint density at radius 1 is 1.15 bits per heavy atom. The van der Waals surface area contributed by atoms with Crippen molar-refractivity contribution >= 4 is 21.2 Å². The SMILES string of the molecule is CCCN(CCS(=O)(=O)C(C)(C)C)c1ccccc1N. The first kappa shape index (κ1) is 16.8. The van der Waals surface area contributed by atoms with E-state index in [1.807, 2.05) is 24.3 Å². The highest BCUT2D eigenvalue weighted by Gasteiger charge is 2.29. The van der Waals surface area contributed by atoms with Gasteiger partial charge in [0, 0.05) is 13.1 Å². The van der Waals surface area contributed by atoms with E-state index >= 15 is 0 Å². The van der Waals surface area contributed by atoms with Gasteiger partial charge in [-0.05, 0) is 39.3 Å². The number of hydrogen-bond acceptors (Lipinski definition) is 4. The molecule has 0 bridgehead atoms. The van der Waals surface area contributed by atoms with E-state index in [0.717, 1.165) is 18.7 Å². The maximum absolute atomic E-state index is 12.2. The topological polar surface area (TPSA) is 63.4 Å². The molecule has 4 nitrogen and oxygen atoms in total. The summed E-state index contributed by atoms with van der Waals surface area (Å²) >= 11 is 0. The molecule has 0 heterocycles. The lowest BCUT2D eigenvalue weighted by Gasteiger charge is -2.27. The monoisotopic (exact) mass is 298 g/mol. The second-order valence-electron chi connectivity index (χ2n) is 5.98. The maximum Gasteiger partial charge on any atom is 0.156 e. The smallest absolute Gasteiger partial charge is 0.156 e. The minimum Gasteiger partial charge on any atom is -0.397 e. The number of hydrogen-bond donors (Lipinski definition) is 1. The minimum absolute atomic E-state index is 0.144. The van der Waals surface area contributed by atoms with E-state index in [1.54, 1.807) is 20.8 Å². The normalized spacial score (nSPS) is 12.4. The number of anilines is 2. The van der Waals surface area contributed by atoms with Gasteiger partial charge in [-0.25, -0.2) is 8.42 Å². The number of sulfone groups is 1. The van der Waals surface area contributed by atoms with Gasteiger partial charge in [0.05, 0.1) is 21.9 Å². The van der Waals surface area contributed by atoms with Crippen LogP contribution >= 0.6 is 0 Å². The highest BCUT2D eigenvalue weighted by atomic mass is 32.2. The van der Waals surface area contributed by atoms with Gasteiger partial charge in [0.15, 0.2) is 9.84 Å². The molecular formula is C15H26N2O2S. The molecule has 5 heteroatoms. The fourth-order valence-corrected chi connectivity index (χ4v) is 3.01. The van der Waals surface area contributed by atoms with Crippen molar-refractivity contribution in [3.63, 3.8) is 0 Å². The third-order valence-electron chi connectivity index (χ3n) is 3.33. The molecule has 0 aliphatic carbocycles. The van der Waals surface area contributed by atoms with Crippen molar-refractivity contribution in [3.8, 4) is 0 Å². The van der Waals surface area contributed by atoms with Gasteiger partial charge >= 0.3 is 0 Å². The zero-order chi connectivity index (χ0) is 15.4. The van der Waals surface area contributed by atoms with Crippen LogP contribution in [0.2, 0.25) is 0 Å². The van der Waals surface area contributed by atoms with Gasteiger partial charge in [0.1, 0.15) is 0 Å². The van der Waals surface area contributed by atoms with Crippen LogP contribution in [-0.4, -0.2) is 32.0 Å². The molecule has 1 rings (SSSR count). The van der Waals surface area contributed by atoms with E-state index in [0.29, 0.717) is 12.2 Å². The molecule has 1 aromatic carbocycles. The molecule has 0 radical (unpaired) electrons. The summed E-state index contributed by atoms with van der Waals surface area (Å²) in [6, 6.07) is 7.59. The average Bonchev–Trinajstić information content (AvgIpc) is 2.34. The van der Waals surface area contributed by atoms with Gasteiger partial charge in [-0.3, -0.25) is 0 Å². The lowest BCUT2D eigenvalue weighted by Crippen LogP contribution is -2.37. The summed E-state index contributed by atoms with van der Waals surface area (Å²) in [5.41, 5.74) is 7.59. The van der Waals surface area contributed by atoms with Crippen LogP contribution in [0, 0.1) is 0 Å². The van der Waals surface area contributed by atoms with Crippen LogP contribution in [0.4, 0.5) is 11.4 Å². The van der Waals surface area contributed by atoms with Gasteiger partial charge in [0.2, 0.25) is 0 Å². The predicted octanol–water partition coefficient (Wildman–Crippen LogP) is 2.70. The lowest BCUT2D eigenvalue weighted by molar-refractivity contribution is 0.558. The van der Waals surface area contributed by atoms with Crippen LogP contribution in [0.1, 0.15) is 34.1 Å². The molecule has 0 aliphatic rings. The number of para-hydroxylation sites is 2. The first-order valence-corrected chi connectivity index (χ1v) is 8.66. The van der Waals surface area contributed by atoms with E-state index in [2.05, 4.69) is 11.8 Å². The Kier molecular flexibility index (Phi) is 5.45. The molecule has 0 aromatic heterocycles. The van der Waals surface area contributed by atoms with Crippen LogP contribution in [-0.2, 0) is 9.84 Å². The maximum atomic E-state index is 12.2. The molecule has 114 valence electrons. The van der Waals surface area contributed by atoms with E-state index in [9.17, 15) is 8.42 Å². The second kappa shape index (κ2) is 6.48. The summed E-state index contributed by atoms with van der Waals surface area (Å²) < 4.78 is 23.7. The standard InChI is InChI=1S/C15H26N2O2S/c1-5-10-17(14-9-7-6-8-13(14)16)11-12-20(18,19)15(2,3)4/h6-9H,5,10-12,16H2,1-4H3. The second-order valence-corrected chi connectivity index (χ2v) is 8.84. The number of nitrogens with zero attached hydrogens (tertiary/aromatic N) is 1. The quantitative estimate of drug-likeness (QED) is 0.820. The molecule has 0 unspecified atom stereocenters. The average molecular weight is 298 g/mol. The summed E-state index contributed by atoms with van der Waals surface area (Å²) in [6.07, 6.45) is 0.948. The Hall–Kier alpha value is -1.23. The van der Waals surface area contributed by atoms with Gasteiger partial charge in [-0.15, -0.1) is 0 Å². The van der Waals surface area contributed by atoms with E-state index < -0.39 is 14.6 Å². The third kappa shape index (κ3) is 4.13. The van der Waals surface area contributed by atoms with Crippen molar-refractivity contribution in [1.82, 2.24) is 0 Å². The summed E-state index contributed by atoms with van der Waals surface area (Å²) in [5, 5.41) is 0. The van der Waals surface area contributed by atoms with Crippen LogP contribution in [0.15, 0.2) is 24.3 Å². The van der Waals surface area contributed by atoms with Crippen LogP contribution < -0.4 is 10.6 Å². The van der Waals surface area contributed by atoms with Crippen molar-refractivity contribution < 1.29 is 8.42 Å². The third-order valence-corrected chi connectivity index (χ3v) is 5.92. The molecule has 1 aromatic rings. The molecule has 0 saturated carbocycles. The zero-order valence-corrected chi connectivity index (χ0v) is 13.7. The van der Waals surface area contributed by atoms with Crippen molar-refractivity contribution in [3.05, 3.63) is 24.3 Å². The summed E-state index contributed by atoms with van der Waals surface area (Å²) in [4.78, 5) is 2.05. The van der Waals surface area contributed by atoms with Crippen LogP contribution in [0.5, 0.6) is 0 Å². The predicted molar refractivity (Wildman–Crippen MR) is 86.9 cm³/mol. The molecule has 2 N–H and O–H groups in total. The van der Waals surface area contributed by atoms with Gasteiger partial charge < -0.3 is 10.6 Å². The fourth-order valence-electron chi connectivity index (χ4n) is 1.93. The van der Waals surface area contributed by atoms with Crippen molar-refractivity contribution in [2.75, 3.05) is 29.5 Å². The lowest BCUT2D eigenvalue weighted by atomic mass is 10.2. The Labute approximate surface area is 122 Å². The van der Waals surface area contributed by atoms with Gasteiger partial charge in [0.25, 0.3) is 0 Å². The molecule has 0 fully saturated rings. The largest absolute Gasteiger partial charge is 0.397 e. The molecule has 0 atom stereocenters. The summed E-state index contributed by atoms with van der Waals surface area (Å²) in [5.74, 6) is 0.144. The molecule has 0 aliphatic heterocycles. The Balaban J connectivity index is 2.88. The zero-order valence-electron chi connectivity index (χ0n) is 12.9. The fraction of sp³-hybridized carbons (Fsp3) is 0.600. The molecule has 0 saturated heterocycles. The molecule has 0 spiro atoms. The van der Waals surface area contributed by atoms with Crippen molar-refractivity contribution in [1.29, 1.82) is 0 Å². The number of nitrogen functional groups attached to an aromatic ring is 1. The van der Waals surface area contributed by atoms with Crippen LogP contribution in [0.3, 0.4) is 0 Å². The Morgan fingerprint density at radius 2 is 1.75 bits per heavy atom. The highest BCUT2D eigenvalue weighted by Crippen LogP contribution is 2.23. The molecule has 0 amide bonds.